The van der Waals surface area contributed by atoms with E-state index in [1.54, 1.807) is 25.9 Å². The molecule has 0 spiro atoms. The molecule has 0 aliphatic rings. The summed E-state index contributed by atoms with van der Waals surface area (Å²) in [5, 5.41) is 11.5. The SMILES string of the molecule is C=C(C)C(=O)NCCC.CN(C)CCC(O)S(=O)(=O)O. The van der Waals surface area contributed by atoms with Crippen molar-refractivity contribution in [2.75, 3.05) is 27.2 Å². The van der Waals surface area contributed by atoms with E-state index in [4.69, 9.17) is 9.66 Å². The van der Waals surface area contributed by atoms with Crippen molar-refractivity contribution in [2.45, 2.75) is 32.1 Å². The average Bonchev–Trinajstić information content (AvgIpc) is 2.32. The molecule has 0 aliphatic heterocycles. The van der Waals surface area contributed by atoms with Crippen LogP contribution < -0.4 is 5.32 Å². The molecule has 0 bridgehead atoms. The average molecular weight is 310 g/mol. The van der Waals surface area contributed by atoms with E-state index < -0.39 is 15.6 Å². The molecule has 0 saturated heterocycles. The summed E-state index contributed by atoms with van der Waals surface area (Å²) < 4.78 is 28.8. The van der Waals surface area contributed by atoms with Gasteiger partial charge in [-0.2, -0.15) is 8.42 Å². The number of nitrogens with one attached hydrogen (secondary N) is 1. The summed E-state index contributed by atoms with van der Waals surface area (Å²) in [5.74, 6) is -0.0446. The first kappa shape index (κ1) is 21.3. The summed E-state index contributed by atoms with van der Waals surface area (Å²) in [5.41, 5.74) is -1.09. The zero-order chi connectivity index (χ0) is 16.3. The lowest BCUT2D eigenvalue weighted by Gasteiger charge is -2.11. The third kappa shape index (κ3) is 13.5. The molecule has 7 nitrogen and oxygen atoms in total. The molecule has 0 aromatic rings. The summed E-state index contributed by atoms with van der Waals surface area (Å²) >= 11 is 0. The molecule has 0 radical (unpaired) electrons. The van der Waals surface area contributed by atoms with E-state index in [0.29, 0.717) is 12.1 Å². The van der Waals surface area contributed by atoms with Gasteiger partial charge in [-0.05, 0) is 27.4 Å². The molecule has 0 aromatic heterocycles. The van der Waals surface area contributed by atoms with Gasteiger partial charge in [0.05, 0.1) is 0 Å². The number of hydrogen-bond acceptors (Lipinski definition) is 5. The van der Waals surface area contributed by atoms with Crippen LogP contribution >= 0.6 is 0 Å². The maximum Gasteiger partial charge on any atom is 0.292 e. The Morgan fingerprint density at radius 1 is 1.40 bits per heavy atom. The molecule has 1 amide bonds. The van der Waals surface area contributed by atoms with E-state index in [1.165, 1.54) is 0 Å². The second kappa shape index (κ2) is 10.8. The fourth-order valence-corrected chi connectivity index (χ4v) is 1.31. The Kier molecular flexibility index (Phi) is 11.5. The number of nitrogens with zero attached hydrogens (tertiary/aromatic N) is 1. The third-order valence-corrected chi connectivity index (χ3v) is 3.01. The molecule has 0 heterocycles. The van der Waals surface area contributed by atoms with E-state index in [0.717, 1.165) is 13.0 Å². The van der Waals surface area contributed by atoms with Crippen molar-refractivity contribution in [3.05, 3.63) is 12.2 Å². The maximum absolute atomic E-state index is 10.7. The lowest BCUT2D eigenvalue weighted by Crippen LogP contribution is -2.25. The van der Waals surface area contributed by atoms with Crippen LogP contribution in [-0.2, 0) is 14.9 Å². The van der Waals surface area contributed by atoms with Gasteiger partial charge in [0.15, 0.2) is 5.44 Å². The molecule has 3 N–H and O–H groups in total. The lowest BCUT2D eigenvalue weighted by molar-refractivity contribution is -0.117. The van der Waals surface area contributed by atoms with Crippen molar-refractivity contribution < 1.29 is 22.9 Å². The summed E-state index contributed by atoms with van der Waals surface area (Å²) in [6, 6.07) is 0. The minimum absolute atomic E-state index is 0.0197. The molecule has 0 aliphatic carbocycles. The quantitative estimate of drug-likeness (QED) is 0.459. The standard InChI is InChI=1S/C7H13NO.C5H13NO4S/c1-4-5-8-7(9)6(2)3;1-6(2)4-3-5(7)11(8,9)10/h2,4-5H2,1,3H3,(H,8,9);5,7H,3-4H2,1-2H3,(H,8,9,10). The summed E-state index contributed by atoms with van der Waals surface area (Å²) in [4.78, 5) is 12.4. The van der Waals surface area contributed by atoms with E-state index in [-0.39, 0.29) is 12.3 Å². The molecule has 120 valence electrons. The second-order valence-electron chi connectivity index (χ2n) is 4.60. The maximum atomic E-state index is 10.7. The highest BCUT2D eigenvalue weighted by Gasteiger charge is 2.18. The normalized spacial score (nSPS) is 12.3. The molecule has 1 unspecified atom stereocenters. The van der Waals surface area contributed by atoms with Crippen LogP contribution in [0.1, 0.15) is 26.7 Å². The van der Waals surface area contributed by atoms with Crippen LogP contribution in [0.4, 0.5) is 0 Å². The van der Waals surface area contributed by atoms with Gasteiger partial charge >= 0.3 is 0 Å². The summed E-state index contributed by atoms with van der Waals surface area (Å²) in [7, 11) is -0.776. The molecule has 1 atom stereocenters. The predicted molar refractivity (Wildman–Crippen MR) is 78.8 cm³/mol. The van der Waals surface area contributed by atoms with E-state index in [9.17, 15) is 13.2 Å². The van der Waals surface area contributed by atoms with E-state index in [1.807, 2.05) is 6.92 Å². The highest BCUT2D eigenvalue weighted by atomic mass is 32.2. The molecule has 0 fully saturated rings. The molecule has 8 heteroatoms. The first-order valence-electron chi connectivity index (χ1n) is 6.25. The Labute approximate surface area is 121 Å². The molecular weight excluding hydrogens is 284 g/mol. The van der Waals surface area contributed by atoms with Gasteiger partial charge < -0.3 is 15.3 Å². The van der Waals surface area contributed by atoms with Gasteiger partial charge in [0.25, 0.3) is 10.1 Å². The van der Waals surface area contributed by atoms with Crippen LogP contribution in [0.15, 0.2) is 12.2 Å². The second-order valence-corrected chi connectivity index (χ2v) is 6.17. The van der Waals surface area contributed by atoms with Gasteiger partial charge in [-0.15, -0.1) is 0 Å². The lowest BCUT2D eigenvalue weighted by atomic mass is 10.3. The van der Waals surface area contributed by atoms with Gasteiger partial charge in [-0.1, -0.05) is 13.5 Å². The van der Waals surface area contributed by atoms with Crippen LogP contribution in [0.2, 0.25) is 0 Å². The zero-order valence-electron chi connectivity index (χ0n) is 12.6. The Bertz CT molecular complexity index is 393. The summed E-state index contributed by atoms with van der Waals surface area (Å²) in [6.45, 7) is 8.37. The van der Waals surface area contributed by atoms with Crippen molar-refractivity contribution >= 4 is 16.0 Å². The number of rotatable bonds is 7. The molecule has 20 heavy (non-hydrogen) atoms. The zero-order valence-corrected chi connectivity index (χ0v) is 13.4. The van der Waals surface area contributed by atoms with Crippen LogP contribution in [0, 0.1) is 0 Å². The van der Waals surface area contributed by atoms with Gasteiger partial charge in [-0.25, -0.2) is 0 Å². The van der Waals surface area contributed by atoms with Crippen molar-refractivity contribution in [1.82, 2.24) is 10.2 Å². The van der Waals surface area contributed by atoms with E-state index in [2.05, 4.69) is 11.9 Å². The van der Waals surface area contributed by atoms with Gasteiger partial charge in [0.2, 0.25) is 5.91 Å². The van der Waals surface area contributed by atoms with Crippen molar-refractivity contribution in [1.29, 1.82) is 0 Å². The number of carbonyl (C=O) groups is 1. The molecule has 0 saturated carbocycles. The van der Waals surface area contributed by atoms with Gasteiger partial charge in [0.1, 0.15) is 0 Å². The van der Waals surface area contributed by atoms with Gasteiger partial charge in [0, 0.05) is 25.1 Å². The highest BCUT2D eigenvalue weighted by molar-refractivity contribution is 7.86. The smallest absolute Gasteiger partial charge is 0.292 e. The van der Waals surface area contributed by atoms with Gasteiger partial charge in [-0.3, -0.25) is 9.35 Å². The van der Waals surface area contributed by atoms with Crippen LogP contribution in [0.3, 0.4) is 0 Å². The first-order chi connectivity index (χ1) is 9.02. The Hall–Kier alpha value is -0.960. The fraction of sp³-hybridized carbons (Fsp3) is 0.750. The Morgan fingerprint density at radius 3 is 2.20 bits per heavy atom. The fourth-order valence-electron chi connectivity index (χ4n) is 0.907. The van der Waals surface area contributed by atoms with E-state index >= 15 is 0 Å². The molecular formula is C12H26N2O5S. The summed E-state index contributed by atoms with van der Waals surface area (Å²) in [6.07, 6.45) is 0.991. The predicted octanol–water partition coefficient (Wildman–Crippen LogP) is 0.233. The highest BCUT2D eigenvalue weighted by Crippen LogP contribution is 1.99. The van der Waals surface area contributed by atoms with Crippen molar-refractivity contribution in [3.63, 3.8) is 0 Å². The van der Waals surface area contributed by atoms with Crippen LogP contribution in [0.5, 0.6) is 0 Å². The van der Waals surface area contributed by atoms with Crippen LogP contribution in [-0.4, -0.2) is 61.5 Å². The monoisotopic (exact) mass is 310 g/mol. The number of amides is 1. The molecule has 0 rings (SSSR count). The van der Waals surface area contributed by atoms with Crippen molar-refractivity contribution in [2.24, 2.45) is 0 Å². The minimum Gasteiger partial charge on any atom is -0.375 e. The molecule has 0 aromatic carbocycles. The number of hydrogen-bond donors (Lipinski definition) is 3. The van der Waals surface area contributed by atoms with Crippen molar-refractivity contribution in [3.8, 4) is 0 Å². The minimum atomic E-state index is -4.27. The third-order valence-electron chi connectivity index (χ3n) is 2.09. The number of aliphatic hydroxyl groups excluding tert-OH is 1. The Morgan fingerprint density at radius 2 is 1.90 bits per heavy atom. The number of aliphatic hydroxyl groups is 1. The largest absolute Gasteiger partial charge is 0.375 e. The first-order valence-corrected chi connectivity index (χ1v) is 7.75. The van der Waals surface area contributed by atoms with Crippen LogP contribution in [0.25, 0.3) is 0 Å². The topological polar surface area (TPSA) is 107 Å². The Balaban J connectivity index is 0. The number of carbonyl (C=O) groups excluding carboxylic acids is 1.